The molecule has 1 aliphatic heterocycles. The quantitative estimate of drug-likeness (QED) is 0.389. The van der Waals surface area contributed by atoms with Crippen LogP contribution in [0.2, 0.25) is 0 Å². The molecule has 1 aliphatic rings. The third-order valence-electron chi connectivity index (χ3n) is 4.50. The lowest BCUT2D eigenvalue weighted by Gasteiger charge is -2.34. The van der Waals surface area contributed by atoms with Gasteiger partial charge in [0, 0.05) is 51.2 Å². The monoisotopic (exact) mass is 406 g/mol. The van der Waals surface area contributed by atoms with E-state index in [9.17, 15) is 18.5 Å². The normalized spacial score (nSPS) is 15.5. The van der Waals surface area contributed by atoms with Gasteiger partial charge in [-0.1, -0.05) is 12.1 Å². The van der Waals surface area contributed by atoms with Gasteiger partial charge in [0.25, 0.3) is 5.69 Å². The number of nitrogens with zero attached hydrogens (tertiary/aromatic N) is 5. The molecule has 1 aromatic heterocycles. The Morgan fingerprint density at radius 1 is 1.07 bits per heavy atom. The SMILES string of the molecule is O=[N+]([O-])c1ccccc1S(=O)(=O)NCCCN1CCN(c2ncccn2)CC1. The van der Waals surface area contributed by atoms with Crippen molar-refractivity contribution in [3.05, 3.63) is 52.8 Å². The number of nitrogens with one attached hydrogen (secondary N) is 1. The van der Waals surface area contributed by atoms with E-state index in [4.69, 9.17) is 0 Å². The lowest BCUT2D eigenvalue weighted by atomic mass is 10.3. The molecule has 10 nitrogen and oxygen atoms in total. The third kappa shape index (κ3) is 5.00. The van der Waals surface area contributed by atoms with Crippen molar-refractivity contribution in [2.75, 3.05) is 44.2 Å². The number of hydrogen-bond donors (Lipinski definition) is 1. The molecule has 0 unspecified atom stereocenters. The van der Waals surface area contributed by atoms with Gasteiger partial charge in [0.2, 0.25) is 16.0 Å². The second-order valence-corrected chi connectivity index (χ2v) is 8.09. The smallest absolute Gasteiger partial charge is 0.289 e. The van der Waals surface area contributed by atoms with Gasteiger partial charge in [0.15, 0.2) is 4.90 Å². The topological polar surface area (TPSA) is 122 Å². The Morgan fingerprint density at radius 3 is 2.43 bits per heavy atom. The van der Waals surface area contributed by atoms with Crippen LogP contribution in [0.25, 0.3) is 0 Å². The second-order valence-electron chi connectivity index (χ2n) is 6.35. The number of benzene rings is 1. The van der Waals surface area contributed by atoms with Gasteiger partial charge in [-0.05, 0) is 25.1 Å². The standard InChI is InChI=1S/C17H22N6O4S/c24-23(25)15-5-1-2-6-16(15)28(26,27)20-9-4-10-21-11-13-22(14-12-21)17-18-7-3-8-19-17/h1-3,5-8,20H,4,9-14H2. The molecule has 0 saturated carbocycles. The van der Waals surface area contributed by atoms with Crippen molar-refractivity contribution in [3.63, 3.8) is 0 Å². The van der Waals surface area contributed by atoms with E-state index in [1.54, 1.807) is 18.5 Å². The first-order valence-electron chi connectivity index (χ1n) is 8.95. The van der Waals surface area contributed by atoms with Gasteiger partial charge < -0.3 is 4.90 Å². The Hall–Kier alpha value is -2.63. The number of hydrogen-bond acceptors (Lipinski definition) is 8. The van der Waals surface area contributed by atoms with Crippen molar-refractivity contribution in [2.24, 2.45) is 0 Å². The fourth-order valence-corrected chi connectivity index (χ4v) is 4.29. The summed E-state index contributed by atoms with van der Waals surface area (Å²) in [6, 6.07) is 7.12. The second kappa shape index (κ2) is 9.04. The van der Waals surface area contributed by atoms with Crippen LogP contribution in [0.4, 0.5) is 11.6 Å². The maximum atomic E-state index is 12.4. The lowest BCUT2D eigenvalue weighted by molar-refractivity contribution is -0.387. The summed E-state index contributed by atoms with van der Waals surface area (Å²) in [5.41, 5.74) is -0.422. The molecule has 2 heterocycles. The molecule has 2 aromatic rings. The van der Waals surface area contributed by atoms with Gasteiger partial charge in [0.05, 0.1) is 4.92 Å². The summed E-state index contributed by atoms with van der Waals surface area (Å²) in [4.78, 5) is 22.9. The molecular weight excluding hydrogens is 384 g/mol. The zero-order chi connectivity index (χ0) is 20.0. The highest BCUT2D eigenvalue weighted by atomic mass is 32.2. The van der Waals surface area contributed by atoms with Crippen LogP contribution in [0.3, 0.4) is 0 Å². The van der Waals surface area contributed by atoms with Crippen molar-refractivity contribution in [1.29, 1.82) is 0 Å². The van der Waals surface area contributed by atoms with E-state index >= 15 is 0 Å². The van der Waals surface area contributed by atoms with Crippen LogP contribution in [-0.4, -0.2) is 67.5 Å². The number of anilines is 1. The van der Waals surface area contributed by atoms with Crippen LogP contribution in [-0.2, 0) is 10.0 Å². The summed E-state index contributed by atoms with van der Waals surface area (Å²) in [6.45, 7) is 4.27. The van der Waals surface area contributed by atoms with Crippen LogP contribution in [0, 0.1) is 10.1 Å². The molecule has 1 N–H and O–H groups in total. The summed E-state index contributed by atoms with van der Waals surface area (Å²) in [6.07, 6.45) is 4.05. The molecule has 1 saturated heterocycles. The summed E-state index contributed by atoms with van der Waals surface area (Å²) >= 11 is 0. The maximum Gasteiger partial charge on any atom is 0.289 e. The molecule has 150 valence electrons. The summed E-state index contributed by atoms with van der Waals surface area (Å²) in [5, 5.41) is 11.0. The fraction of sp³-hybridized carbons (Fsp3) is 0.412. The van der Waals surface area contributed by atoms with Gasteiger partial charge in [-0.15, -0.1) is 0 Å². The molecule has 28 heavy (non-hydrogen) atoms. The van der Waals surface area contributed by atoms with Gasteiger partial charge in [-0.2, -0.15) is 0 Å². The number of aromatic nitrogens is 2. The molecule has 0 aliphatic carbocycles. The Labute approximate surface area is 163 Å². The molecule has 1 fully saturated rings. The average molecular weight is 406 g/mol. The van der Waals surface area contributed by atoms with E-state index < -0.39 is 20.6 Å². The van der Waals surface area contributed by atoms with E-state index in [2.05, 4.69) is 24.5 Å². The lowest BCUT2D eigenvalue weighted by Crippen LogP contribution is -2.47. The maximum absolute atomic E-state index is 12.4. The average Bonchev–Trinajstić information content (AvgIpc) is 2.72. The van der Waals surface area contributed by atoms with Gasteiger partial charge in [0.1, 0.15) is 0 Å². The van der Waals surface area contributed by atoms with Crippen molar-refractivity contribution < 1.29 is 13.3 Å². The van der Waals surface area contributed by atoms with Gasteiger partial charge in [-0.3, -0.25) is 15.0 Å². The van der Waals surface area contributed by atoms with Crippen molar-refractivity contribution in [2.45, 2.75) is 11.3 Å². The summed E-state index contributed by atoms with van der Waals surface area (Å²) in [5.74, 6) is 0.722. The minimum atomic E-state index is -3.92. The third-order valence-corrected chi connectivity index (χ3v) is 6.01. The largest absolute Gasteiger partial charge is 0.338 e. The van der Waals surface area contributed by atoms with Crippen LogP contribution in [0.5, 0.6) is 0 Å². The van der Waals surface area contributed by atoms with E-state index in [1.807, 2.05) is 0 Å². The highest BCUT2D eigenvalue weighted by Gasteiger charge is 2.24. The van der Waals surface area contributed by atoms with Crippen molar-refractivity contribution in [3.8, 4) is 0 Å². The molecule has 0 radical (unpaired) electrons. The number of nitro groups is 1. The number of sulfonamides is 1. The van der Waals surface area contributed by atoms with E-state index in [0.29, 0.717) is 6.42 Å². The first-order valence-corrected chi connectivity index (χ1v) is 10.4. The van der Waals surface area contributed by atoms with Gasteiger partial charge >= 0.3 is 0 Å². The molecule has 1 aromatic carbocycles. The number of rotatable bonds is 8. The molecular formula is C17H22N6O4S. The van der Waals surface area contributed by atoms with Crippen LogP contribution in [0.1, 0.15) is 6.42 Å². The zero-order valence-electron chi connectivity index (χ0n) is 15.3. The zero-order valence-corrected chi connectivity index (χ0v) is 16.1. The highest BCUT2D eigenvalue weighted by molar-refractivity contribution is 7.89. The van der Waals surface area contributed by atoms with E-state index in [0.717, 1.165) is 38.7 Å². The predicted molar refractivity (Wildman–Crippen MR) is 104 cm³/mol. The van der Waals surface area contributed by atoms with Crippen LogP contribution < -0.4 is 9.62 Å². The van der Waals surface area contributed by atoms with Crippen molar-refractivity contribution in [1.82, 2.24) is 19.6 Å². The minimum absolute atomic E-state index is 0.219. The Morgan fingerprint density at radius 2 is 1.75 bits per heavy atom. The molecule has 0 spiro atoms. The molecule has 0 bridgehead atoms. The first kappa shape index (κ1) is 20.1. The Balaban J connectivity index is 1.45. The summed E-state index contributed by atoms with van der Waals surface area (Å²) < 4.78 is 27.2. The van der Waals surface area contributed by atoms with E-state index in [1.165, 1.54) is 24.3 Å². The van der Waals surface area contributed by atoms with Crippen molar-refractivity contribution >= 4 is 21.7 Å². The van der Waals surface area contributed by atoms with E-state index in [-0.39, 0.29) is 11.4 Å². The Kier molecular flexibility index (Phi) is 6.49. The molecule has 0 atom stereocenters. The molecule has 3 rings (SSSR count). The number of nitro benzene ring substituents is 1. The van der Waals surface area contributed by atoms with Crippen LogP contribution >= 0.6 is 0 Å². The summed E-state index contributed by atoms with van der Waals surface area (Å²) in [7, 11) is -3.92. The number of piperazine rings is 1. The fourth-order valence-electron chi connectivity index (χ4n) is 3.05. The van der Waals surface area contributed by atoms with Gasteiger partial charge in [-0.25, -0.2) is 23.1 Å². The molecule has 0 amide bonds. The predicted octanol–water partition coefficient (Wildman–Crippen LogP) is 0.875. The minimum Gasteiger partial charge on any atom is -0.338 e. The van der Waals surface area contributed by atoms with Crippen LogP contribution in [0.15, 0.2) is 47.6 Å². The first-order chi connectivity index (χ1) is 13.5. The number of para-hydroxylation sites is 1. The molecule has 11 heteroatoms. The Bertz CT molecular complexity index is 901. The highest BCUT2D eigenvalue weighted by Crippen LogP contribution is 2.22.